The fourth-order valence-electron chi connectivity index (χ4n) is 3.36. The second kappa shape index (κ2) is 5.47. The number of carbonyl (C=O) groups excluding carboxylic acids is 1. The van der Waals surface area contributed by atoms with Gasteiger partial charge in [0.25, 0.3) is 0 Å². The highest BCUT2D eigenvalue weighted by atomic mass is 16.2. The Morgan fingerprint density at radius 2 is 2.00 bits per heavy atom. The van der Waals surface area contributed by atoms with E-state index >= 15 is 0 Å². The molecule has 0 bridgehead atoms. The average molecular weight is 251 g/mol. The molecule has 0 aromatic rings. The minimum atomic E-state index is 0.0289. The lowest BCUT2D eigenvalue weighted by Crippen LogP contribution is -2.39. The van der Waals surface area contributed by atoms with E-state index in [2.05, 4.69) is 16.0 Å². The summed E-state index contributed by atoms with van der Waals surface area (Å²) in [6, 6.07) is 0.0289. The van der Waals surface area contributed by atoms with Crippen LogP contribution in [0, 0.1) is 23.7 Å². The molecule has 0 radical (unpaired) electrons. The summed E-state index contributed by atoms with van der Waals surface area (Å²) in [7, 11) is 0. The summed E-state index contributed by atoms with van der Waals surface area (Å²) in [4.78, 5) is 11.6. The van der Waals surface area contributed by atoms with Gasteiger partial charge in [-0.2, -0.15) is 0 Å². The molecule has 4 heteroatoms. The van der Waals surface area contributed by atoms with Crippen LogP contribution in [0.5, 0.6) is 0 Å². The van der Waals surface area contributed by atoms with Gasteiger partial charge in [-0.15, -0.1) is 0 Å². The number of nitrogens with one attached hydrogen (secondary N) is 3. The molecule has 1 saturated heterocycles. The highest BCUT2D eigenvalue weighted by Crippen LogP contribution is 2.51. The van der Waals surface area contributed by atoms with E-state index in [-0.39, 0.29) is 6.03 Å². The molecule has 3 N–H and O–H groups in total. The molecular weight excluding hydrogens is 226 g/mol. The van der Waals surface area contributed by atoms with Gasteiger partial charge in [0.05, 0.1) is 0 Å². The van der Waals surface area contributed by atoms with E-state index in [1.165, 1.54) is 32.1 Å². The number of carbonyl (C=O) groups is 1. The van der Waals surface area contributed by atoms with Crippen molar-refractivity contribution in [2.45, 2.75) is 32.1 Å². The first-order chi connectivity index (χ1) is 8.83. The van der Waals surface area contributed by atoms with Crippen LogP contribution < -0.4 is 16.0 Å². The van der Waals surface area contributed by atoms with Crippen molar-refractivity contribution in [3.8, 4) is 0 Å². The summed E-state index contributed by atoms with van der Waals surface area (Å²) < 4.78 is 0. The van der Waals surface area contributed by atoms with Crippen LogP contribution in [0.1, 0.15) is 32.1 Å². The van der Waals surface area contributed by atoms with Crippen LogP contribution in [0.25, 0.3) is 0 Å². The predicted molar refractivity (Wildman–Crippen MR) is 71.3 cm³/mol. The molecule has 1 aliphatic heterocycles. The van der Waals surface area contributed by atoms with E-state index in [0.717, 1.165) is 43.9 Å². The Kier molecular flexibility index (Phi) is 3.73. The second-order valence-corrected chi connectivity index (χ2v) is 6.30. The van der Waals surface area contributed by atoms with Gasteiger partial charge in [0.15, 0.2) is 0 Å². The summed E-state index contributed by atoms with van der Waals surface area (Å²) in [6.07, 6.45) is 6.82. The summed E-state index contributed by atoms with van der Waals surface area (Å²) in [5.41, 5.74) is 0. The molecule has 1 unspecified atom stereocenters. The lowest BCUT2D eigenvalue weighted by Gasteiger charge is -2.25. The zero-order valence-corrected chi connectivity index (χ0v) is 11.1. The van der Waals surface area contributed by atoms with Gasteiger partial charge >= 0.3 is 6.03 Å². The maximum Gasteiger partial charge on any atom is 0.314 e. The zero-order valence-electron chi connectivity index (χ0n) is 11.1. The van der Waals surface area contributed by atoms with Gasteiger partial charge in [0.2, 0.25) is 0 Å². The summed E-state index contributed by atoms with van der Waals surface area (Å²) >= 11 is 0. The summed E-state index contributed by atoms with van der Waals surface area (Å²) in [5.74, 6) is 3.32. The third-order valence-corrected chi connectivity index (χ3v) is 4.97. The van der Waals surface area contributed by atoms with E-state index in [0.29, 0.717) is 5.92 Å². The number of hydrogen-bond donors (Lipinski definition) is 3. The molecule has 0 aromatic carbocycles. The van der Waals surface area contributed by atoms with E-state index in [9.17, 15) is 4.79 Å². The lowest BCUT2D eigenvalue weighted by molar-refractivity contribution is 0.236. The molecule has 2 saturated carbocycles. The minimum absolute atomic E-state index is 0.0289. The Hall–Kier alpha value is -0.770. The van der Waals surface area contributed by atoms with Crippen LogP contribution >= 0.6 is 0 Å². The number of urea groups is 1. The van der Waals surface area contributed by atoms with Gasteiger partial charge in [-0.1, -0.05) is 19.3 Å². The van der Waals surface area contributed by atoms with Crippen LogP contribution in [0.15, 0.2) is 0 Å². The predicted octanol–water partition coefficient (Wildman–Crippen LogP) is 1.33. The van der Waals surface area contributed by atoms with Crippen molar-refractivity contribution in [3.05, 3.63) is 0 Å². The first-order valence-electron chi connectivity index (χ1n) is 7.55. The van der Waals surface area contributed by atoms with Crippen LogP contribution in [0.4, 0.5) is 4.79 Å². The third-order valence-electron chi connectivity index (χ3n) is 4.97. The largest absolute Gasteiger partial charge is 0.338 e. The Morgan fingerprint density at radius 3 is 2.67 bits per heavy atom. The monoisotopic (exact) mass is 251 g/mol. The average Bonchev–Trinajstić information content (AvgIpc) is 2.85. The van der Waals surface area contributed by atoms with E-state index in [1.54, 1.807) is 0 Å². The Morgan fingerprint density at radius 1 is 1.17 bits per heavy atom. The fraction of sp³-hybridized carbons (Fsp3) is 0.929. The van der Waals surface area contributed by atoms with Crippen LogP contribution in [0.3, 0.4) is 0 Å². The normalized spacial score (nSPS) is 35.0. The van der Waals surface area contributed by atoms with Crippen molar-refractivity contribution in [1.29, 1.82) is 0 Å². The van der Waals surface area contributed by atoms with Gasteiger partial charge < -0.3 is 16.0 Å². The van der Waals surface area contributed by atoms with Crippen molar-refractivity contribution < 1.29 is 4.79 Å². The summed E-state index contributed by atoms with van der Waals surface area (Å²) in [6.45, 7) is 3.84. The molecule has 3 fully saturated rings. The fourth-order valence-corrected chi connectivity index (χ4v) is 3.36. The highest BCUT2D eigenvalue weighted by molar-refractivity contribution is 5.73. The lowest BCUT2D eigenvalue weighted by atomic mass is 9.81. The third kappa shape index (κ3) is 2.97. The minimum Gasteiger partial charge on any atom is -0.338 e. The first-order valence-corrected chi connectivity index (χ1v) is 7.55. The molecule has 3 atom stereocenters. The van der Waals surface area contributed by atoms with Crippen molar-refractivity contribution >= 4 is 6.03 Å². The van der Waals surface area contributed by atoms with Crippen molar-refractivity contribution in [3.63, 3.8) is 0 Å². The molecule has 2 aliphatic carbocycles. The standard InChI is InChI=1S/C14H25N3O/c18-14(16-8-10-4-5-15-7-10)17-9-12-6-13(12)11-2-1-3-11/h10-13,15H,1-9H2,(H2,16,17,18)/t10?,12-,13-/m0/s1. The maximum absolute atomic E-state index is 11.6. The SMILES string of the molecule is O=C(NCC1CCNC1)NC[C@@H]1C[C@H]1C1CCC1. The van der Waals surface area contributed by atoms with Gasteiger partial charge in [0, 0.05) is 13.1 Å². The topological polar surface area (TPSA) is 53.2 Å². The van der Waals surface area contributed by atoms with Gasteiger partial charge in [-0.05, 0) is 49.6 Å². The Bertz CT molecular complexity index is 297. The molecule has 102 valence electrons. The van der Waals surface area contributed by atoms with E-state index in [1.807, 2.05) is 0 Å². The van der Waals surface area contributed by atoms with Crippen LogP contribution in [-0.2, 0) is 0 Å². The quantitative estimate of drug-likeness (QED) is 0.690. The van der Waals surface area contributed by atoms with Crippen molar-refractivity contribution in [2.75, 3.05) is 26.2 Å². The Labute approximate surface area is 109 Å². The molecule has 4 nitrogen and oxygen atoms in total. The molecular formula is C14H25N3O. The van der Waals surface area contributed by atoms with Crippen molar-refractivity contribution in [1.82, 2.24) is 16.0 Å². The zero-order chi connectivity index (χ0) is 12.4. The van der Waals surface area contributed by atoms with Crippen molar-refractivity contribution in [2.24, 2.45) is 23.7 Å². The molecule has 3 aliphatic rings. The smallest absolute Gasteiger partial charge is 0.314 e. The first kappa shape index (κ1) is 12.3. The number of amides is 2. The summed E-state index contributed by atoms with van der Waals surface area (Å²) in [5, 5.41) is 9.34. The molecule has 3 rings (SSSR count). The molecule has 0 spiro atoms. The van der Waals surface area contributed by atoms with E-state index in [4.69, 9.17) is 0 Å². The molecule has 1 heterocycles. The van der Waals surface area contributed by atoms with Crippen LogP contribution in [0.2, 0.25) is 0 Å². The molecule has 0 aromatic heterocycles. The number of hydrogen-bond acceptors (Lipinski definition) is 2. The molecule has 2 amide bonds. The maximum atomic E-state index is 11.6. The number of rotatable bonds is 5. The second-order valence-electron chi connectivity index (χ2n) is 6.30. The van der Waals surface area contributed by atoms with Gasteiger partial charge in [-0.3, -0.25) is 0 Å². The van der Waals surface area contributed by atoms with Gasteiger partial charge in [-0.25, -0.2) is 4.79 Å². The highest BCUT2D eigenvalue weighted by Gasteiger charge is 2.44. The Balaban J connectivity index is 1.25. The van der Waals surface area contributed by atoms with Crippen LogP contribution in [-0.4, -0.2) is 32.2 Å². The van der Waals surface area contributed by atoms with Gasteiger partial charge in [0.1, 0.15) is 0 Å². The van der Waals surface area contributed by atoms with E-state index < -0.39 is 0 Å². The molecule has 18 heavy (non-hydrogen) atoms.